The molecule has 0 unspecified atom stereocenters. The molecule has 2 amide bonds. The molecular formula is C40H44ClF2N12O4+. The largest absolute Gasteiger partial charge is 0.442 e. The molecule has 0 bridgehead atoms. The van der Waals surface area contributed by atoms with Crippen LogP contribution in [0.2, 0.25) is 5.15 Å². The van der Waals surface area contributed by atoms with Crippen LogP contribution in [0.15, 0.2) is 36.7 Å². The third kappa shape index (κ3) is 6.93. The molecule has 0 spiro atoms. The smallest absolute Gasteiger partial charge is 0.410 e. The number of fused-ring (bicyclic) bond motifs is 2. The fourth-order valence-corrected chi connectivity index (χ4v) is 8.90. The molecule has 0 atom stereocenters. The molecule has 0 saturated carbocycles. The number of halogens is 3. The first-order chi connectivity index (χ1) is 28.6. The van der Waals surface area contributed by atoms with Crippen molar-refractivity contribution in [1.29, 1.82) is 0 Å². The molecule has 0 aromatic carbocycles. The van der Waals surface area contributed by atoms with Gasteiger partial charge in [0.15, 0.2) is 0 Å². The molecule has 308 valence electrons. The van der Waals surface area contributed by atoms with E-state index in [0.29, 0.717) is 82.2 Å². The Hall–Kier alpha value is -5.65. The van der Waals surface area contributed by atoms with Crippen molar-refractivity contribution in [3.8, 4) is 0 Å². The SMILES string of the molecule is CCc1nc(N2CCC2)c2c([n+]1C1CN(c3nc(C)nc4c3CN(C(=O)OC3CN(c5ccc(C(F)F)cn5)C3)C4)C1)CN(C(=O)OC1CN(c3ccnc(Cl)c3)C1)C2. The summed E-state index contributed by atoms with van der Waals surface area (Å²) in [6.07, 6.45) is 0.838. The standard InChI is InChI=1S/C40H44ClF2N12O4/c1-3-34-48-38(49-9-4-10-49)30-20-54(40(57)58-27-15-50(16-27)25-7-8-44-33(41)11-25)22-32(30)55(34)26-13-52(14-26)37-29-19-53(21-31(29)46-23(2)47-37)39(56)59-28-17-51(18-28)35-6-5-24(12-45-35)36(42)43/h5-8,11-12,26-28,36H,3-4,9-10,13-22H2,1-2H3/q+1. The van der Waals surface area contributed by atoms with E-state index in [1.165, 1.54) is 12.3 Å². The van der Waals surface area contributed by atoms with Crippen LogP contribution in [0.3, 0.4) is 0 Å². The third-order valence-electron chi connectivity index (χ3n) is 12.2. The lowest BCUT2D eigenvalue weighted by atomic mass is 10.0. The summed E-state index contributed by atoms with van der Waals surface area (Å²) in [5.41, 5.74) is 4.74. The molecule has 4 aromatic heterocycles. The van der Waals surface area contributed by atoms with Gasteiger partial charge in [-0.25, -0.2) is 42.9 Å². The monoisotopic (exact) mass is 829 g/mol. The number of hydrogen-bond acceptors (Lipinski definition) is 13. The number of aryl methyl sites for hydroxylation is 2. The minimum Gasteiger partial charge on any atom is -0.442 e. The maximum Gasteiger partial charge on any atom is 0.410 e. The molecular weight excluding hydrogens is 786 g/mol. The lowest BCUT2D eigenvalue weighted by molar-refractivity contribution is -0.740. The number of ether oxygens (including phenoxy) is 2. The van der Waals surface area contributed by atoms with Gasteiger partial charge in [0.2, 0.25) is 0 Å². The van der Waals surface area contributed by atoms with Crippen LogP contribution in [-0.2, 0) is 42.1 Å². The molecule has 0 aliphatic carbocycles. The molecule has 6 aliphatic heterocycles. The molecule has 4 saturated heterocycles. The number of pyridine rings is 2. The second kappa shape index (κ2) is 14.9. The van der Waals surface area contributed by atoms with Gasteiger partial charge in [-0.05, 0) is 42.6 Å². The predicted octanol–water partition coefficient (Wildman–Crippen LogP) is 4.36. The minimum atomic E-state index is -2.57. The molecule has 0 radical (unpaired) electrons. The minimum absolute atomic E-state index is 0.107. The van der Waals surface area contributed by atoms with E-state index in [0.717, 1.165) is 71.6 Å². The number of aromatic nitrogens is 6. The first kappa shape index (κ1) is 37.6. The Labute approximate surface area is 344 Å². The van der Waals surface area contributed by atoms with Crippen molar-refractivity contribution in [3.05, 3.63) is 81.5 Å². The molecule has 19 heteroatoms. The van der Waals surface area contributed by atoms with Crippen molar-refractivity contribution in [3.63, 3.8) is 0 Å². The molecule has 10 heterocycles. The Morgan fingerprint density at radius 1 is 0.831 bits per heavy atom. The van der Waals surface area contributed by atoms with Crippen molar-refractivity contribution < 1.29 is 32.4 Å². The fourth-order valence-electron chi connectivity index (χ4n) is 8.73. The first-order valence-corrected chi connectivity index (χ1v) is 20.6. The van der Waals surface area contributed by atoms with Gasteiger partial charge in [-0.1, -0.05) is 18.5 Å². The van der Waals surface area contributed by atoms with Crippen LogP contribution in [-0.4, -0.2) is 111 Å². The summed E-state index contributed by atoms with van der Waals surface area (Å²) in [5.74, 6) is 3.99. The van der Waals surface area contributed by atoms with Crippen LogP contribution in [0.4, 0.5) is 41.5 Å². The van der Waals surface area contributed by atoms with Gasteiger partial charge in [0.25, 0.3) is 12.2 Å². The number of hydrogen-bond donors (Lipinski definition) is 0. The van der Waals surface area contributed by atoms with Crippen LogP contribution in [0.25, 0.3) is 0 Å². The number of anilines is 4. The van der Waals surface area contributed by atoms with Crippen LogP contribution in [0, 0.1) is 6.92 Å². The Morgan fingerprint density at radius 3 is 2.17 bits per heavy atom. The molecule has 59 heavy (non-hydrogen) atoms. The van der Waals surface area contributed by atoms with Gasteiger partial charge in [0.1, 0.15) is 46.6 Å². The first-order valence-electron chi connectivity index (χ1n) is 20.2. The Balaban J connectivity index is 0.798. The highest BCUT2D eigenvalue weighted by molar-refractivity contribution is 6.29. The van der Waals surface area contributed by atoms with Crippen molar-refractivity contribution in [1.82, 2.24) is 34.7 Å². The van der Waals surface area contributed by atoms with Crippen molar-refractivity contribution >= 4 is 46.9 Å². The van der Waals surface area contributed by atoms with Gasteiger partial charge < -0.3 is 29.1 Å². The maximum atomic E-state index is 13.7. The summed E-state index contributed by atoms with van der Waals surface area (Å²) >= 11 is 6.09. The second-order valence-electron chi connectivity index (χ2n) is 16.0. The zero-order chi connectivity index (χ0) is 40.5. The van der Waals surface area contributed by atoms with E-state index in [1.54, 1.807) is 22.1 Å². The van der Waals surface area contributed by atoms with Crippen molar-refractivity contribution in [2.24, 2.45) is 0 Å². The van der Waals surface area contributed by atoms with E-state index >= 15 is 0 Å². The van der Waals surface area contributed by atoms with Crippen LogP contribution >= 0.6 is 11.6 Å². The molecule has 4 fully saturated rings. The predicted molar refractivity (Wildman–Crippen MR) is 211 cm³/mol. The zero-order valence-corrected chi connectivity index (χ0v) is 33.6. The molecule has 6 aliphatic rings. The van der Waals surface area contributed by atoms with Crippen LogP contribution in [0.1, 0.15) is 65.5 Å². The normalized spacial score (nSPS) is 19.0. The average molecular weight is 830 g/mol. The van der Waals surface area contributed by atoms with Crippen molar-refractivity contribution in [2.75, 3.05) is 72.0 Å². The van der Waals surface area contributed by atoms with Gasteiger partial charge in [0.05, 0.1) is 83.1 Å². The lowest BCUT2D eigenvalue weighted by Gasteiger charge is -2.40. The topological polar surface area (TPSA) is 140 Å². The highest BCUT2D eigenvalue weighted by Gasteiger charge is 2.46. The molecule has 10 rings (SSSR count). The van der Waals surface area contributed by atoms with Crippen LogP contribution < -0.4 is 24.2 Å². The molecule has 0 N–H and O–H groups in total. The van der Waals surface area contributed by atoms with E-state index in [2.05, 4.69) is 36.2 Å². The fraction of sp³-hybridized carbons (Fsp3) is 0.500. The molecule has 16 nitrogen and oxygen atoms in total. The van der Waals surface area contributed by atoms with E-state index in [4.69, 9.17) is 36.0 Å². The van der Waals surface area contributed by atoms with Crippen LogP contribution in [0.5, 0.6) is 0 Å². The number of amides is 2. The number of nitrogens with zero attached hydrogens (tertiary/aromatic N) is 12. The highest BCUT2D eigenvalue weighted by Crippen LogP contribution is 2.37. The lowest BCUT2D eigenvalue weighted by Crippen LogP contribution is -2.63. The maximum absolute atomic E-state index is 13.7. The summed E-state index contributed by atoms with van der Waals surface area (Å²) in [6, 6.07) is 6.74. The van der Waals surface area contributed by atoms with Gasteiger partial charge in [0, 0.05) is 42.3 Å². The third-order valence-corrected chi connectivity index (χ3v) is 12.4. The summed E-state index contributed by atoms with van der Waals surface area (Å²) in [4.78, 5) is 62.0. The number of carbonyl (C=O) groups excluding carboxylic acids is 2. The average Bonchev–Trinajstić information content (AvgIpc) is 3.79. The quantitative estimate of drug-likeness (QED) is 0.175. The van der Waals surface area contributed by atoms with E-state index < -0.39 is 12.5 Å². The highest BCUT2D eigenvalue weighted by atomic mass is 35.5. The van der Waals surface area contributed by atoms with Gasteiger partial charge in [-0.2, -0.15) is 0 Å². The van der Waals surface area contributed by atoms with Gasteiger partial charge >= 0.3 is 18.0 Å². The molecule has 4 aromatic rings. The van der Waals surface area contributed by atoms with E-state index in [-0.39, 0.29) is 29.9 Å². The number of alkyl halides is 2. The zero-order valence-electron chi connectivity index (χ0n) is 32.8. The van der Waals surface area contributed by atoms with Crippen molar-refractivity contribution in [2.45, 2.75) is 77.5 Å². The summed E-state index contributed by atoms with van der Waals surface area (Å²) in [6.45, 7) is 10.9. The Morgan fingerprint density at radius 2 is 1.53 bits per heavy atom. The van der Waals surface area contributed by atoms with E-state index in [9.17, 15) is 18.4 Å². The van der Waals surface area contributed by atoms with Gasteiger partial charge in [-0.15, -0.1) is 0 Å². The summed E-state index contributed by atoms with van der Waals surface area (Å²) < 4.78 is 40.1. The van der Waals surface area contributed by atoms with Gasteiger partial charge in [-0.3, -0.25) is 9.80 Å². The summed E-state index contributed by atoms with van der Waals surface area (Å²) in [5, 5.41) is 0.429. The number of rotatable bonds is 9. The summed E-state index contributed by atoms with van der Waals surface area (Å²) in [7, 11) is 0. The Bertz CT molecular complexity index is 2300. The number of carbonyl (C=O) groups is 2. The Kier molecular flexibility index (Phi) is 9.48. The second-order valence-corrected chi connectivity index (χ2v) is 16.4. The van der Waals surface area contributed by atoms with E-state index in [1.807, 2.05) is 24.0 Å².